The number of nitrogens with one attached hydrogen (secondary N) is 1. The minimum Gasteiger partial charge on any atom is -0.279 e. The molecule has 2 rings (SSSR count). The van der Waals surface area contributed by atoms with Crippen LogP contribution in [0.4, 0.5) is 4.39 Å². The molecule has 0 fully saturated rings. The standard InChI is InChI=1S/C9H8FN3/c1-6-8(10)9(13-12-6)7-4-2-3-5-11-7/h2-5H,1H3,(H,12,13). The van der Waals surface area contributed by atoms with Gasteiger partial charge in [-0.1, -0.05) is 6.07 Å². The van der Waals surface area contributed by atoms with Crippen molar-refractivity contribution in [2.24, 2.45) is 0 Å². The number of halogens is 1. The first-order chi connectivity index (χ1) is 6.29. The van der Waals surface area contributed by atoms with Gasteiger partial charge in [0.1, 0.15) is 5.69 Å². The highest BCUT2D eigenvalue weighted by molar-refractivity contribution is 5.54. The largest absolute Gasteiger partial charge is 0.279 e. The Morgan fingerprint density at radius 2 is 2.23 bits per heavy atom. The van der Waals surface area contributed by atoms with Crippen molar-refractivity contribution in [3.63, 3.8) is 0 Å². The van der Waals surface area contributed by atoms with Gasteiger partial charge < -0.3 is 0 Å². The molecule has 0 saturated carbocycles. The third kappa shape index (κ3) is 1.30. The Kier molecular flexibility index (Phi) is 1.81. The number of nitrogens with zero attached hydrogens (tertiary/aromatic N) is 2. The quantitative estimate of drug-likeness (QED) is 0.723. The Morgan fingerprint density at radius 1 is 1.38 bits per heavy atom. The normalized spacial score (nSPS) is 10.3. The van der Waals surface area contributed by atoms with Crippen molar-refractivity contribution >= 4 is 0 Å². The molecule has 0 aliphatic rings. The molecule has 0 spiro atoms. The molecule has 2 aromatic heterocycles. The minimum atomic E-state index is -0.335. The van der Waals surface area contributed by atoms with Crippen LogP contribution in [0.25, 0.3) is 11.4 Å². The van der Waals surface area contributed by atoms with Gasteiger partial charge in [0.2, 0.25) is 0 Å². The molecule has 2 heterocycles. The van der Waals surface area contributed by atoms with E-state index in [1.165, 1.54) is 0 Å². The number of H-pyrrole nitrogens is 1. The average Bonchev–Trinajstić information content (AvgIpc) is 2.49. The number of aryl methyl sites for hydroxylation is 1. The van der Waals surface area contributed by atoms with E-state index in [1.54, 1.807) is 31.3 Å². The minimum absolute atomic E-state index is 0.276. The van der Waals surface area contributed by atoms with Crippen molar-refractivity contribution < 1.29 is 4.39 Å². The van der Waals surface area contributed by atoms with E-state index in [2.05, 4.69) is 15.2 Å². The fraction of sp³-hybridized carbons (Fsp3) is 0.111. The summed E-state index contributed by atoms with van der Waals surface area (Å²) in [5.74, 6) is -0.335. The van der Waals surface area contributed by atoms with Crippen LogP contribution < -0.4 is 0 Å². The lowest BCUT2D eigenvalue weighted by Crippen LogP contribution is -1.84. The molecule has 0 aliphatic carbocycles. The Bertz CT molecular complexity index is 408. The van der Waals surface area contributed by atoms with Crippen molar-refractivity contribution in [1.29, 1.82) is 0 Å². The number of hydrogen-bond acceptors (Lipinski definition) is 2. The van der Waals surface area contributed by atoms with Gasteiger partial charge in [-0.2, -0.15) is 5.10 Å². The number of aromatic amines is 1. The number of rotatable bonds is 1. The summed E-state index contributed by atoms with van der Waals surface area (Å²) in [6.45, 7) is 1.63. The molecule has 0 bridgehead atoms. The summed E-state index contributed by atoms with van der Waals surface area (Å²) >= 11 is 0. The highest BCUT2D eigenvalue weighted by Gasteiger charge is 2.11. The van der Waals surface area contributed by atoms with Gasteiger partial charge in [-0.25, -0.2) is 4.39 Å². The second kappa shape index (κ2) is 2.97. The molecule has 1 N–H and O–H groups in total. The fourth-order valence-electron chi connectivity index (χ4n) is 1.09. The zero-order valence-corrected chi connectivity index (χ0v) is 7.08. The van der Waals surface area contributed by atoms with E-state index in [1.807, 2.05) is 0 Å². The molecule has 13 heavy (non-hydrogen) atoms. The van der Waals surface area contributed by atoms with Crippen LogP contribution in [0.1, 0.15) is 5.69 Å². The lowest BCUT2D eigenvalue weighted by molar-refractivity contribution is 0.622. The van der Waals surface area contributed by atoms with E-state index in [4.69, 9.17) is 0 Å². The van der Waals surface area contributed by atoms with Crippen molar-refractivity contribution in [2.45, 2.75) is 6.92 Å². The van der Waals surface area contributed by atoms with E-state index >= 15 is 0 Å². The van der Waals surface area contributed by atoms with Crippen LogP contribution in [0.5, 0.6) is 0 Å². The summed E-state index contributed by atoms with van der Waals surface area (Å²) in [4.78, 5) is 4.00. The van der Waals surface area contributed by atoms with Crippen LogP contribution >= 0.6 is 0 Å². The zero-order valence-electron chi connectivity index (χ0n) is 7.08. The van der Waals surface area contributed by atoms with Gasteiger partial charge in [-0.05, 0) is 19.1 Å². The predicted octanol–water partition coefficient (Wildman–Crippen LogP) is 1.92. The molecule has 2 aromatic rings. The van der Waals surface area contributed by atoms with Crippen LogP contribution in [0.15, 0.2) is 24.4 Å². The van der Waals surface area contributed by atoms with Crippen molar-refractivity contribution in [2.75, 3.05) is 0 Å². The van der Waals surface area contributed by atoms with Crippen LogP contribution in [0.2, 0.25) is 0 Å². The molecule has 0 atom stereocenters. The second-order valence-corrected chi connectivity index (χ2v) is 2.73. The monoisotopic (exact) mass is 177 g/mol. The average molecular weight is 177 g/mol. The van der Waals surface area contributed by atoms with Crippen LogP contribution in [-0.2, 0) is 0 Å². The molecule has 66 valence electrons. The van der Waals surface area contributed by atoms with Gasteiger partial charge in [0.05, 0.1) is 11.4 Å². The van der Waals surface area contributed by atoms with Crippen LogP contribution in [-0.4, -0.2) is 15.2 Å². The van der Waals surface area contributed by atoms with E-state index in [0.717, 1.165) is 0 Å². The van der Waals surface area contributed by atoms with E-state index in [0.29, 0.717) is 11.4 Å². The molecule has 0 unspecified atom stereocenters. The summed E-state index contributed by atoms with van der Waals surface area (Å²) in [7, 11) is 0. The SMILES string of the molecule is Cc1[nH]nc(-c2ccccn2)c1F. The summed E-state index contributed by atoms with van der Waals surface area (Å²) in [6, 6.07) is 5.30. The number of hydrogen-bond donors (Lipinski definition) is 1. The second-order valence-electron chi connectivity index (χ2n) is 2.73. The maximum atomic E-state index is 13.3. The van der Waals surface area contributed by atoms with Crippen molar-refractivity contribution in [3.8, 4) is 11.4 Å². The number of aromatic nitrogens is 3. The van der Waals surface area contributed by atoms with Gasteiger partial charge in [0.15, 0.2) is 5.82 Å². The maximum absolute atomic E-state index is 13.3. The fourth-order valence-corrected chi connectivity index (χ4v) is 1.09. The van der Waals surface area contributed by atoms with E-state index in [-0.39, 0.29) is 11.5 Å². The molecular formula is C9H8FN3. The first-order valence-electron chi connectivity index (χ1n) is 3.91. The van der Waals surface area contributed by atoms with Gasteiger partial charge in [-0.15, -0.1) is 0 Å². The molecule has 0 aromatic carbocycles. The molecule has 0 saturated heterocycles. The Hall–Kier alpha value is -1.71. The third-order valence-electron chi connectivity index (χ3n) is 1.78. The lowest BCUT2D eigenvalue weighted by atomic mass is 10.2. The Morgan fingerprint density at radius 3 is 2.77 bits per heavy atom. The van der Waals surface area contributed by atoms with E-state index in [9.17, 15) is 4.39 Å². The lowest BCUT2D eigenvalue weighted by Gasteiger charge is -1.93. The summed E-state index contributed by atoms with van der Waals surface area (Å²) in [6.07, 6.45) is 1.61. The maximum Gasteiger partial charge on any atom is 0.173 e. The molecule has 3 nitrogen and oxygen atoms in total. The predicted molar refractivity (Wildman–Crippen MR) is 46.5 cm³/mol. The van der Waals surface area contributed by atoms with Crippen LogP contribution in [0, 0.1) is 12.7 Å². The molecule has 0 aliphatic heterocycles. The van der Waals surface area contributed by atoms with Crippen molar-refractivity contribution in [3.05, 3.63) is 35.9 Å². The molecular weight excluding hydrogens is 169 g/mol. The topological polar surface area (TPSA) is 41.6 Å². The zero-order chi connectivity index (χ0) is 9.26. The third-order valence-corrected chi connectivity index (χ3v) is 1.78. The van der Waals surface area contributed by atoms with E-state index < -0.39 is 0 Å². The smallest absolute Gasteiger partial charge is 0.173 e. The Balaban J connectivity index is 2.53. The van der Waals surface area contributed by atoms with Crippen molar-refractivity contribution in [1.82, 2.24) is 15.2 Å². The first kappa shape index (κ1) is 7.91. The highest BCUT2D eigenvalue weighted by Crippen LogP contribution is 2.18. The summed E-state index contributed by atoms with van der Waals surface area (Å²) in [5.41, 5.74) is 1.25. The van der Waals surface area contributed by atoms with Gasteiger partial charge in [0.25, 0.3) is 0 Å². The molecule has 0 amide bonds. The molecule has 4 heteroatoms. The number of pyridine rings is 1. The van der Waals surface area contributed by atoms with Gasteiger partial charge in [-0.3, -0.25) is 10.1 Å². The van der Waals surface area contributed by atoms with Gasteiger partial charge in [0, 0.05) is 6.20 Å². The Labute approximate surface area is 74.6 Å². The summed E-state index contributed by atoms with van der Waals surface area (Å²) < 4.78 is 13.3. The van der Waals surface area contributed by atoms with Crippen LogP contribution in [0.3, 0.4) is 0 Å². The molecule has 0 radical (unpaired) electrons. The first-order valence-corrected chi connectivity index (χ1v) is 3.91. The summed E-state index contributed by atoms with van der Waals surface area (Å²) in [5, 5.41) is 6.39. The highest BCUT2D eigenvalue weighted by atomic mass is 19.1. The van der Waals surface area contributed by atoms with Gasteiger partial charge >= 0.3 is 0 Å².